The second-order valence-corrected chi connectivity index (χ2v) is 9.53. The Balaban J connectivity index is 1.11. The molecule has 6 nitrogen and oxygen atoms in total. The lowest BCUT2D eigenvalue weighted by atomic mass is 9.91. The predicted molar refractivity (Wildman–Crippen MR) is 141 cm³/mol. The van der Waals surface area contributed by atoms with Crippen LogP contribution in [0.4, 0.5) is 11.8 Å². The summed E-state index contributed by atoms with van der Waals surface area (Å²) in [7, 11) is 4.07. The van der Waals surface area contributed by atoms with Gasteiger partial charge in [-0.15, -0.1) is 0 Å². The van der Waals surface area contributed by atoms with Gasteiger partial charge < -0.3 is 20.3 Å². The van der Waals surface area contributed by atoms with E-state index >= 15 is 0 Å². The van der Waals surface area contributed by atoms with Crippen molar-refractivity contribution in [3.63, 3.8) is 0 Å². The summed E-state index contributed by atoms with van der Waals surface area (Å²) in [6.07, 6.45) is 8.26. The van der Waals surface area contributed by atoms with E-state index in [9.17, 15) is 0 Å². The first kappa shape index (κ1) is 24.4. The molecule has 34 heavy (non-hydrogen) atoms. The van der Waals surface area contributed by atoms with E-state index in [4.69, 9.17) is 14.7 Å². The zero-order valence-electron chi connectivity index (χ0n) is 20.7. The molecular weight excluding hydrogens is 422 g/mol. The SMILES string of the molecule is CN(C)c1nc(N[C@H]2CC[C@@H](NCCCCCOCc3ccccc3)CC2)nc2ccccc12. The number of para-hydroxylation sites is 1. The van der Waals surface area contributed by atoms with Crippen LogP contribution in [0.25, 0.3) is 10.9 Å². The van der Waals surface area contributed by atoms with Crippen molar-refractivity contribution in [3.8, 4) is 0 Å². The number of rotatable bonds is 12. The summed E-state index contributed by atoms with van der Waals surface area (Å²) in [5.41, 5.74) is 2.24. The third kappa shape index (κ3) is 7.15. The first-order valence-electron chi connectivity index (χ1n) is 12.7. The van der Waals surface area contributed by atoms with E-state index in [0.29, 0.717) is 12.1 Å². The van der Waals surface area contributed by atoms with Crippen molar-refractivity contribution >= 4 is 22.7 Å². The lowest BCUT2D eigenvalue weighted by molar-refractivity contribution is 0.117. The fourth-order valence-corrected chi connectivity index (χ4v) is 4.67. The summed E-state index contributed by atoms with van der Waals surface area (Å²) in [6, 6.07) is 19.7. The summed E-state index contributed by atoms with van der Waals surface area (Å²) in [6.45, 7) is 2.66. The molecule has 0 saturated heterocycles. The Morgan fingerprint density at radius 1 is 0.853 bits per heavy atom. The number of fused-ring (bicyclic) bond motifs is 1. The first-order valence-corrected chi connectivity index (χ1v) is 12.7. The Labute approximate surface area is 204 Å². The molecule has 1 aliphatic carbocycles. The number of hydrogen-bond donors (Lipinski definition) is 2. The minimum atomic E-state index is 0.441. The van der Waals surface area contributed by atoms with E-state index in [-0.39, 0.29) is 0 Å². The Hall–Kier alpha value is -2.70. The number of unbranched alkanes of at least 4 members (excludes halogenated alkanes) is 2. The molecule has 1 heterocycles. The Morgan fingerprint density at radius 3 is 2.38 bits per heavy atom. The third-order valence-corrected chi connectivity index (χ3v) is 6.58. The maximum atomic E-state index is 5.78. The van der Waals surface area contributed by atoms with Gasteiger partial charge in [-0.3, -0.25) is 0 Å². The largest absolute Gasteiger partial charge is 0.377 e. The van der Waals surface area contributed by atoms with Crippen LogP contribution in [0, 0.1) is 0 Å². The molecule has 3 aromatic rings. The van der Waals surface area contributed by atoms with Crippen LogP contribution in [0.15, 0.2) is 54.6 Å². The number of anilines is 2. The van der Waals surface area contributed by atoms with E-state index < -0.39 is 0 Å². The monoisotopic (exact) mass is 461 g/mol. The van der Waals surface area contributed by atoms with Gasteiger partial charge in [0, 0.05) is 38.2 Å². The topological polar surface area (TPSA) is 62.3 Å². The summed E-state index contributed by atoms with van der Waals surface area (Å²) in [5, 5.41) is 8.46. The highest BCUT2D eigenvalue weighted by atomic mass is 16.5. The first-order chi connectivity index (χ1) is 16.7. The maximum absolute atomic E-state index is 5.78. The highest BCUT2D eigenvalue weighted by Crippen LogP contribution is 2.26. The zero-order valence-corrected chi connectivity index (χ0v) is 20.7. The van der Waals surface area contributed by atoms with Gasteiger partial charge in [0.2, 0.25) is 5.95 Å². The average molecular weight is 462 g/mol. The van der Waals surface area contributed by atoms with Gasteiger partial charge in [0.15, 0.2) is 0 Å². The standard InChI is InChI=1S/C28H39N5O/c1-33(2)27-25-13-7-8-14-26(25)31-28(32-27)30-24-17-15-23(16-18-24)29-19-9-4-10-20-34-21-22-11-5-3-6-12-22/h3,5-8,11-14,23-24,29H,4,9-10,15-21H2,1-2H3,(H,30,31,32)/t23-,24+. The molecule has 2 N–H and O–H groups in total. The molecule has 4 rings (SSSR count). The lowest BCUT2D eigenvalue weighted by Gasteiger charge is -2.30. The van der Waals surface area contributed by atoms with Crippen LogP contribution in [0.3, 0.4) is 0 Å². The van der Waals surface area contributed by atoms with Gasteiger partial charge in [-0.25, -0.2) is 4.98 Å². The Bertz CT molecular complexity index is 1000. The van der Waals surface area contributed by atoms with E-state index in [1.807, 2.05) is 32.3 Å². The van der Waals surface area contributed by atoms with Crippen LogP contribution in [-0.4, -0.2) is 49.3 Å². The number of hydrogen-bond acceptors (Lipinski definition) is 6. The highest BCUT2D eigenvalue weighted by Gasteiger charge is 2.21. The van der Waals surface area contributed by atoms with Crippen LogP contribution in [-0.2, 0) is 11.3 Å². The van der Waals surface area contributed by atoms with Crippen LogP contribution in [0.2, 0.25) is 0 Å². The van der Waals surface area contributed by atoms with Gasteiger partial charge >= 0.3 is 0 Å². The summed E-state index contributed by atoms with van der Waals surface area (Å²) in [5.74, 6) is 1.71. The van der Waals surface area contributed by atoms with E-state index in [2.05, 4.69) is 51.9 Å². The third-order valence-electron chi connectivity index (χ3n) is 6.58. The second kappa shape index (κ2) is 12.7. The van der Waals surface area contributed by atoms with Gasteiger partial charge in [-0.2, -0.15) is 4.98 Å². The van der Waals surface area contributed by atoms with E-state index in [0.717, 1.165) is 61.7 Å². The average Bonchev–Trinajstić information content (AvgIpc) is 2.86. The molecule has 0 unspecified atom stereocenters. The Kier molecular flexibility index (Phi) is 9.11. The van der Waals surface area contributed by atoms with Crippen molar-refractivity contribution in [1.29, 1.82) is 0 Å². The van der Waals surface area contributed by atoms with E-state index in [1.165, 1.54) is 31.2 Å². The molecule has 1 saturated carbocycles. The maximum Gasteiger partial charge on any atom is 0.225 e. The molecule has 0 spiro atoms. The van der Waals surface area contributed by atoms with Crippen molar-refractivity contribution in [2.45, 2.75) is 63.6 Å². The van der Waals surface area contributed by atoms with Crippen molar-refractivity contribution < 1.29 is 4.74 Å². The van der Waals surface area contributed by atoms with Crippen molar-refractivity contribution in [2.24, 2.45) is 0 Å². The van der Waals surface area contributed by atoms with Crippen molar-refractivity contribution in [3.05, 3.63) is 60.2 Å². The fourth-order valence-electron chi connectivity index (χ4n) is 4.67. The predicted octanol–water partition coefficient (Wildman–Crippen LogP) is 5.40. The molecule has 0 bridgehead atoms. The van der Waals surface area contributed by atoms with Gasteiger partial charge in [-0.05, 0) is 69.2 Å². The minimum absolute atomic E-state index is 0.441. The number of nitrogens with zero attached hydrogens (tertiary/aromatic N) is 3. The molecule has 0 aliphatic heterocycles. The molecule has 0 radical (unpaired) electrons. The molecule has 1 fully saturated rings. The van der Waals surface area contributed by atoms with Gasteiger partial charge in [-0.1, -0.05) is 42.5 Å². The molecule has 2 aromatic carbocycles. The summed E-state index contributed by atoms with van der Waals surface area (Å²) >= 11 is 0. The molecule has 182 valence electrons. The number of nitrogens with one attached hydrogen (secondary N) is 2. The molecule has 6 heteroatoms. The molecule has 0 amide bonds. The number of ether oxygens (including phenoxy) is 1. The fraction of sp³-hybridized carbons (Fsp3) is 0.500. The normalized spacial score (nSPS) is 18.2. The second-order valence-electron chi connectivity index (χ2n) is 9.53. The van der Waals surface area contributed by atoms with Crippen LogP contribution >= 0.6 is 0 Å². The van der Waals surface area contributed by atoms with E-state index in [1.54, 1.807) is 0 Å². The van der Waals surface area contributed by atoms with Crippen LogP contribution < -0.4 is 15.5 Å². The van der Waals surface area contributed by atoms with Crippen LogP contribution in [0.1, 0.15) is 50.5 Å². The molecular formula is C28H39N5O. The van der Waals surface area contributed by atoms with Crippen molar-refractivity contribution in [2.75, 3.05) is 37.5 Å². The van der Waals surface area contributed by atoms with Gasteiger partial charge in [0.05, 0.1) is 12.1 Å². The van der Waals surface area contributed by atoms with Crippen molar-refractivity contribution in [1.82, 2.24) is 15.3 Å². The number of benzene rings is 2. The quantitative estimate of drug-likeness (QED) is 0.352. The molecule has 1 aliphatic rings. The smallest absolute Gasteiger partial charge is 0.225 e. The zero-order chi connectivity index (χ0) is 23.6. The summed E-state index contributed by atoms with van der Waals surface area (Å²) in [4.78, 5) is 11.6. The van der Waals surface area contributed by atoms with Gasteiger partial charge in [0.25, 0.3) is 0 Å². The number of aromatic nitrogens is 2. The van der Waals surface area contributed by atoms with Gasteiger partial charge in [0.1, 0.15) is 5.82 Å². The minimum Gasteiger partial charge on any atom is -0.377 e. The molecule has 0 atom stereocenters. The Morgan fingerprint density at radius 2 is 1.59 bits per heavy atom. The lowest BCUT2D eigenvalue weighted by Crippen LogP contribution is -2.37. The molecule has 1 aromatic heterocycles. The highest BCUT2D eigenvalue weighted by molar-refractivity contribution is 5.90. The van der Waals surface area contributed by atoms with Crippen LogP contribution in [0.5, 0.6) is 0 Å². The summed E-state index contributed by atoms with van der Waals surface area (Å²) < 4.78 is 5.78.